The minimum Gasteiger partial charge on any atom is -0.493 e. The number of ether oxygens (including phenoxy) is 3. The van der Waals surface area contributed by atoms with E-state index in [1.165, 1.54) is 81.1 Å². The molecule has 2 aliphatic rings. The summed E-state index contributed by atoms with van der Waals surface area (Å²) in [6, 6.07) is 7.92. The molecule has 6 rings (SSSR count). The molecule has 50 heavy (non-hydrogen) atoms. The number of hydrogen-bond donors (Lipinski definition) is 6. The molecule has 0 bridgehead atoms. The largest absolute Gasteiger partial charge is 0.493 e. The summed E-state index contributed by atoms with van der Waals surface area (Å²) < 4.78 is 18.6. The van der Waals surface area contributed by atoms with Crippen molar-refractivity contribution in [3.63, 3.8) is 0 Å². The van der Waals surface area contributed by atoms with Gasteiger partial charge in [0.25, 0.3) is 11.8 Å². The highest BCUT2D eigenvalue weighted by atomic mass is 32.1. The predicted molar refractivity (Wildman–Crippen MR) is 201 cm³/mol. The molecule has 0 spiro atoms. The first-order valence-electron chi connectivity index (χ1n) is 17.2. The van der Waals surface area contributed by atoms with Crippen LogP contribution in [0, 0.1) is 11.8 Å². The van der Waals surface area contributed by atoms with E-state index < -0.39 is 17.9 Å². The molecule has 270 valence electrons. The fourth-order valence-electron chi connectivity index (χ4n) is 6.74. The molecule has 0 atom stereocenters. The number of alkyl carbamates (subject to hydrolysis) is 1. The summed E-state index contributed by atoms with van der Waals surface area (Å²) in [6.07, 6.45) is 10.7. The van der Waals surface area contributed by atoms with Crippen LogP contribution >= 0.6 is 22.7 Å². The zero-order valence-corrected chi connectivity index (χ0v) is 30.1. The number of fused-ring (bicyclic) bond motifs is 2. The fourth-order valence-corrected chi connectivity index (χ4v) is 8.85. The van der Waals surface area contributed by atoms with Crippen LogP contribution in [0.2, 0.25) is 0 Å². The molecular formula is C36H48N6O6S2. The Labute approximate surface area is 300 Å². The Balaban J connectivity index is 0.000000197. The highest BCUT2D eigenvalue weighted by Crippen LogP contribution is 2.42. The van der Waals surface area contributed by atoms with Crippen molar-refractivity contribution in [3.8, 4) is 11.5 Å². The Morgan fingerprint density at radius 3 is 1.58 bits per heavy atom. The van der Waals surface area contributed by atoms with Gasteiger partial charge in [-0.2, -0.15) is 0 Å². The molecule has 0 unspecified atom stereocenters. The Morgan fingerprint density at radius 1 is 0.740 bits per heavy atom. The topological polar surface area (TPSA) is 221 Å². The first-order chi connectivity index (χ1) is 24.1. The fraction of sp³-hybridized carbons (Fsp3) is 0.472. The van der Waals surface area contributed by atoms with Crippen LogP contribution in [-0.2, 0) is 17.6 Å². The first-order valence-corrected chi connectivity index (χ1v) is 18.8. The molecule has 2 aromatic carbocycles. The van der Waals surface area contributed by atoms with Crippen LogP contribution in [0.25, 0.3) is 20.2 Å². The van der Waals surface area contributed by atoms with Gasteiger partial charge in [0.05, 0.1) is 42.5 Å². The van der Waals surface area contributed by atoms with Gasteiger partial charge in [0.1, 0.15) is 21.3 Å². The summed E-state index contributed by atoms with van der Waals surface area (Å²) >= 11 is 2.60. The summed E-state index contributed by atoms with van der Waals surface area (Å²) in [7, 11) is 1.33. The summed E-state index contributed by atoms with van der Waals surface area (Å²) in [5.41, 5.74) is 31.8. The Bertz CT molecular complexity index is 1830. The Morgan fingerprint density at radius 2 is 1.18 bits per heavy atom. The molecule has 0 saturated heterocycles. The maximum Gasteiger partial charge on any atom is 0.406 e. The van der Waals surface area contributed by atoms with E-state index in [4.69, 9.17) is 38.1 Å². The molecule has 12 nitrogen and oxygen atoms in total. The molecule has 11 N–H and O–H groups in total. The quantitative estimate of drug-likeness (QED) is 0.0994. The third-order valence-corrected chi connectivity index (χ3v) is 11.7. The zero-order valence-electron chi connectivity index (χ0n) is 28.5. The molecule has 0 radical (unpaired) electrons. The molecule has 2 fully saturated rings. The van der Waals surface area contributed by atoms with Crippen LogP contribution < -0.4 is 43.5 Å². The number of thiophene rings is 2. The van der Waals surface area contributed by atoms with Crippen LogP contribution in [0.4, 0.5) is 16.2 Å². The van der Waals surface area contributed by atoms with E-state index in [1.54, 1.807) is 0 Å². The zero-order chi connectivity index (χ0) is 35.8. The number of anilines is 2. The van der Waals surface area contributed by atoms with Gasteiger partial charge in [-0.1, -0.05) is 25.7 Å². The molecule has 3 amide bonds. The Kier molecular flexibility index (Phi) is 12.7. The molecule has 0 aliphatic heterocycles. The lowest BCUT2D eigenvalue weighted by Gasteiger charge is -2.14. The van der Waals surface area contributed by atoms with Crippen molar-refractivity contribution in [1.82, 2.24) is 5.32 Å². The molecular weight excluding hydrogens is 677 g/mol. The van der Waals surface area contributed by atoms with Gasteiger partial charge in [-0.05, 0) is 92.3 Å². The molecule has 2 saturated carbocycles. The summed E-state index contributed by atoms with van der Waals surface area (Å²) in [6.45, 7) is 2.34. The van der Waals surface area contributed by atoms with Gasteiger partial charge >= 0.3 is 6.09 Å². The van der Waals surface area contributed by atoms with E-state index in [1.807, 2.05) is 24.3 Å². The number of hydrogen-bond acceptors (Lipinski definition) is 11. The lowest BCUT2D eigenvalue weighted by Crippen LogP contribution is -2.25. The molecule has 2 aliphatic carbocycles. The maximum atomic E-state index is 11.7. The lowest BCUT2D eigenvalue weighted by molar-refractivity contribution is 0.0996. The normalized spacial score (nSPS) is 14.8. The highest BCUT2D eigenvalue weighted by molar-refractivity contribution is 7.22. The average Bonchev–Trinajstić information content (AvgIpc) is 3.91. The second kappa shape index (κ2) is 17.1. The molecule has 2 heterocycles. The lowest BCUT2D eigenvalue weighted by atomic mass is 10.1. The van der Waals surface area contributed by atoms with E-state index in [9.17, 15) is 14.4 Å². The van der Waals surface area contributed by atoms with Crippen molar-refractivity contribution in [2.24, 2.45) is 29.0 Å². The van der Waals surface area contributed by atoms with Crippen molar-refractivity contribution < 1.29 is 28.6 Å². The van der Waals surface area contributed by atoms with Gasteiger partial charge < -0.3 is 48.2 Å². The predicted octanol–water partition coefficient (Wildman–Crippen LogP) is 5.70. The first kappa shape index (κ1) is 37.0. The smallest absolute Gasteiger partial charge is 0.406 e. The number of carbonyl (C=O) groups excluding carboxylic acids is 3. The third-order valence-electron chi connectivity index (χ3n) is 9.35. The summed E-state index contributed by atoms with van der Waals surface area (Å²) in [5.74, 6) is 1.56. The number of carbonyl (C=O) groups is 3. The third kappa shape index (κ3) is 8.90. The van der Waals surface area contributed by atoms with Gasteiger partial charge in [0.15, 0.2) is 0 Å². The van der Waals surface area contributed by atoms with Crippen molar-refractivity contribution in [2.75, 3.05) is 44.9 Å². The van der Waals surface area contributed by atoms with E-state index in [0.717, 1.165) is 43.5 Å². The monoisotopic (exact) mass is 724 g/mol. The molecule has 2 aromatic heterocycles. The van der Waals surface area contributed by atoms with Crippen LogP contribution in [0.1, 0.15) is 81.8 Å². The number of nitrogens with two attached hydrogens (primary N) is 5. The van der Waals surface area contributed by atoms with E-state index in [2.05, 4.69) is 10.1 Å². The summed E-state index contributed by atoms with van der Waals surface area (Å²) in [4.78, 5) is 35.2. The second-order valence-corrected chi connectivity index (χ2v) is 15.1. The number of nitrogens with one attached hydrogen (secondary N) is 1. The van der Waals surface area contributed by atoms with Crippen molar-refractivity contribution in [2.45, 2.75) is 64.2 Å². The van der Waals surface area contributed by atoms with Gasteiger partial charge in [-0.3, -0.25) is 9.59 Å². The number of amides is 3. The second-order valence-electron chi connectivity index (χ2n) is 13.0. The average molecular weight is 725 g/mol. The van der Waals surface area contributed by atoms with E-state index in [0.29, 0.717) is 71.4 Å². The Hall–Kier alpha value is -4.27. The van der Waals surface area contributed by atoms with Crippen molar-refractivity contribution in [1.29, 1.82) is 0 Å². The minimum absolute atomic E-state index is 0.348. The van der Waals surface area contributed by atoms with Gasteiger partial charge in [-0.15, -0.1) is 22.7 Å². The van der Waals surface area contributed by atoms with E-state index >= 15 is 0 Å². The highest BCUT2D eigenvalue weighted by Gasteiger charge is 2.22. The number of primary amides is 2. The standard InChI is InChI=1S/C19H25N3O4S.C17H23N3O2S/c1-25-19(24)22-7-6-12-8-13(26-10-11-4-2-3-5-11)15-14(9-12)27-17(16(15)20)18(21)23;18-6-5-11-7-12(22-9-10-3-1-2-4-10)14-13(8-11)23-16(15(14)19)17(20)21/h8-9,11H,2-7,10,20H2,1H3,(H2,21,23)(H,22,24);7-8,10H,1-6,9,18-19H2,(H2,20,21). The van der Waals surface area contributed by atoms with Crippen LogP contribution in [0.5, 0.6) is 11.5 Å². The SMILES string of the molecule is COC(=O)NCCc1cc(OCC2CCCC2)c2c(N)c(C(N)=O)sc2c1.NCCc1cc(OCC2CCCC2)c2c(N)c(C(N)=O)sc2c1. The maximum absolute atomic E-state index is 11.7. The number of nitrogen functional groups attached to an aromatic ring is 2. The number of benzene rings is 2. The van der Waals surface area contributed by atoms with E-state index in [-0.39, 0.29) is 0 Å². The number of rotatable bonds is 13. The van der Waals surface area contributed by atoms with Gasteiger partial charge in [0, 0.05) is 15.9 Å². The minimum atomic E-state index is -0.538. The molecule has 14 heteroatoms. The van der Waals surface area contributed by atoms with Crippen LogP contribution in [0.3, 0.4) is 0 Å². The number of methoxy groups -OCH3 is 1. The summed E-state index contributed by atoms with van der Waals surface area (Å²) in [5, 5.41) is 4.22. The van der Waals surface area contributed by atoms with Gasteiger partial charge in [-0.25, -0.2) is 4.79 Å². The van der Waals surface area contributed by atoms with Crippen LogP contribution in [0.15, 0.2) is 24.3 Å². The van der Waals surface area contributed by atoms with Gasteiger partial charge in [0.2, 0.25) is 0 Å². The molecule has 4 aromatic rings. The van der Waals surface area contributed by atoms with Crippen LogP contribution in [-0.4, -0.2) is 51.3 Å². The van der Waals surface area contributed by atoms with Crippen molar-refractivity contribution >= 4 is 72.1 Å². The van der Waals surface area contributed by atoms with Crippen molar-refractivity contribution in [3.05, 3.63) is 45.1 Å².